The molecule has 44 heavy (non-hydrogen) atoms. The van der Waals surface area contributed by atoms with Crippen molar-refractivity contribution in [2.24, 2.45) is 0 Å². The van der Waals surface area contributed by atoms with Crippen LogP contribution in [-0.4, -0.2) is 77.0 Å². The van der Waals surface area contributed by atoms with E-state index in [0.29, 0.717) is 49.4 Å². The molecule has 0 amide bonds. The van der Waals surface area contributed by atoms with Gasteiger partial charge in [0, 0.05) is 74.8 Å². The highest BCUT2D eigenvalue weighted by Crippen LogP contribution is 2.34. The Morgan fingerprint density at radius 2 is 1.75 bits per heavy atom. The molecule has 0 atom stereocenters. The summed E-state index contributed by atoms with van der Waals surface area (Å²) in [5.74, 6) is 6.71. The fraction of sp³-hybridized carbons (Fsp3) is 0.324. The predicted molar refractivity (Wildman–Crippen MR) is 165 cm³/mol. The number of β-amino-alcohol motifs (C(OH)–C–C–N with tert-alkyl or cyclic N) is 1. The quantitative estimate of drug-likeness (QED) is 0.219. The average molecular weight is 602 g/mol. The molecule has 0 unspecified atom stereocenters. The second kappa shape index (κ2) is 13.6. The van der Waals surface area contributed by atoms with Gasteiger partial charge in [-0.25, -0.2) is 9.97 Å². The monoisotopic (exact) mass is 601 g/mol. The summed E-state index contributed by atoms with van der Waals surface area (Å²) in [5.41, 5.74) is 3.24. The lowest BCUT2D eigenvalue weighted by atomic mass is 9.96. The fourth-order valence-electron chi connectivity index (χ4n) is 5.38. The van der Waals surface area contributed by atoms with Gasteiger partial charge in [0.25, 0.3) is 0 Å². The van der Waals surface area contributed by atoms with Crippen LogP contribution in [0.15, 0.2) is 60.9 Å². The molecule has 5 rings (SSSR count). The normalized spacial score (nSPS) is 14.3. The molecule has 1 aromatic heterocycles. The Hall–Kier alpha value is -4.30. The number of Topliss-reactive ketones (excluding diaryl/α,β-unsaturated/α-hetero) is 1. The van der Waals surface area contributed by atoms with Gasteiger partial charge in [0.2, 0.25) is 0 Å². The lowest BCUT2D eigenvalue weighted by Gasteiger charge is -2.34. The second-order valence-electron chi connectivity index (χ2n) is 10.9. The first-order valence-electron chi connectivity index (χ1n) is 14.5. The molecule has 0 bridgehead atoms. The largest absolute Gasteiger partial charge is 0.416 e. The minimum atomic E-state index is -4.54. The predicted octanol–water partition coefficient (Wildman–Crippen LogP) is 4.93. The Kier molecular flexibility index (Phi) is 9.59. The molecule has 1 aliphatic heterocycles. The molecule has 4 aromatic rings. The Labute approximate surface area is 254 Å². The van der Waals surface area contributed by atoms with Crippen molar-refractivity contribution in [3.8, 4) is 11.8 Å². The first kappa shape index (κ1) is 31.1. The van der Waals surface area contributed by atoms with E-state index in [4.69, 9.17) is 5.11 Å². The fourth-order valence-corrected chi connectivity index (χ4v) is 5.38. The first-order valence-corrected chi connectivity index (χ1v) is 14.5. The molecule has 1 fully saturated rings. The van der Waals surface area contributed by atoms with Crippen LogP contribution >= 0.6 is 0 Å². The van der Waals surface area contributed by atoms with E-state index in [9.17, 15) is 18.0 Å². The number of rotatable bonds is 8. The number of aliphatic hydroxyl groups excluding tert-OH is 1. The molecule has 10 heteroatoms. The number of benzene rings is 3. The number of hydrogen-bond donors (Lipinski definition) is 2. The van der Waals surface area contributed by atoms with Crippen LogP contribution in [0.3, 0.4) is 0 Å². The molecule has 7 nitrogen and oxygen atoms in total. The van der Waals surface area contributed by atoms with Crippen molar-refractivity contribution in [2.45, 2.75) is 26.1 Å². The van der Waals surface area contributed by atoms with Gasteiger partial charge >= 0.3 is 6.18 Å². The van der Waals surface area contributed by atoms with Crippen molar-refractivity contribution in [1.82, 2.24) is 19.8 Å². The van der Waals surface area contributed by atoms with E-state index < -0.39 is 11.7 Å². The molecular weight excluding hydrogens is 567 g/mol. The van der Waals surface area contributed by atoms with Crippen LogP contribution in [0, 0.1) is 18.8 Å². The van der Waals surface area contributed by atoms with E-state index in [0.717, 1.165) is 33.9 Å². The van der Waals surface area contributed by atoms with Crippen molar-refractivity contribution < 1.29 is 23.1 Å². The molecule has 0 radical (unpaired) electrons. The number of carbonyl (C=O) groups is 1. The van der Waals surface area contributed by atoms with Crippen LogP contribution in [0.4, 0.5) is 19.0 Å². The molecular formula is C34H34F3N5O2. The first-order chi connectivity index (χ1) is 21.1. The van der Waals surface area contributed by atoms with Gasteiger partial charge in [0.15, 0.2) is 5.78 Å². The van der Waals surface area contributed by atoms with E-state index in [2.05, 4.69) is 32.0 Å². The number of nitrogens with one attached hydrogen (secondary N) is 1. The number of piperazine rings is 1. The summed E-state index contributed by atoms with van der Waals surface area (Å²) in [6.07, 6.45) is -3.21. The van der Waals surface area contributed by atoms with E-state index in [1.54, 1.807) is 31.3 Å². The molecule has 1 aliphatic rings. The number of aliphatic hydroxyl groups is 1. The lowest BCUT2D eigenvalue weighted by molar-refractivity contribution is -0.138. The molecule has 2 N–H and O–H groups in total. The molecule has 0 spiro atoms. The lowest BCUT2D eigenvalue weighted by Crippen LogP contribution is -2.46. The molecule has 0 saturated carbocycles. The minimum absolute atomic E-state index is 0.0648. The maximum atomic E-state index is 14.1. The molecule has 228 valence electrons. The van der Waals surface area contributed by atoms with E-state index in [1.165, 1.54) is 12.4 Å². The summed E-state index contributed by atoms with van der Waals surface area (Å²) in [7, 11) is 1.79. The van der Waals surface area contributed by atoms with Gasteiger partial charge in [-0.1, -0.05) is 36.1 Å². The number of hydrogen-bond acceptors (Lipinski definition) is 7. The maximum Gasteiger partial charge on any atom is 0.416 e. The van der Waals surface area contributed by atoms with Crippen LogP contribution < -0.4 is 5.32 Å². The van der Waals surface area contributed by atoms with Gasteiger partial charge in [-0.3, -0.25) is 14.6 Å². The van der Waals surface area contributed by atoms with Gasteiger partial charge < -0.3 is 10.4 Å². The summed E-state index contributed by atoms with van der Waals surface area (Å²) in [6, 6.07) is 15.0. The minimum Gasteiger partial charge on any atom is -0.395 e. The van der Waals surface area contributed by atoms with Crippen molar-refractivity contribution in [3.63, 3.8) is 0 Å². The van der Waals surface area contributed by atoms with E-state index >= 15 is 0 Å². The summed E-state index contributed by atoms with van der Waals surface area (Å²) >= 11 is 0. The van der Waals surface area contributed by atoms with Crippen molar-refractivity contribution in [2.75, 3.05) is 51.7 Å². The number of aromatic nitrogens is 2. The smallest absolute Gasteiger partial charge is 0.395 e. The van der Waals surface area contributed by atoms with Gasteiger partial charge in [-0.15, -0.1) is 0 Å². The highest BCUT2D eigenvalue weighted by molar-refractivity contribution is 5.98. The highest BCUT2D eigenvalue weighted by atomic mass is 19.4. The average Bonchev–Trinajstić information content (AvgIpc) is 3.01. The molecule has 3 aromatic carbocycles. The van der Waals surface area contributed by atoms with Crippen molar-refractivity contribution in [1.29, 1.82) is 0 Å². The SMILES string of the molecule is CNc1ncnc2cc(C#Cc3cc(C(=O)Cc4ccc(CN5CCN(CCO)CC5)c(C(F)(F)F)c4)ccc3C)ccc12. The Morgan fingerprint density at radius 1 is 0.977 bits per heavy atom. The zero-order valence-electron chi connectivity index (χ0n) is 24.7. The van der Waals surface area contributed by atoms with Crippen LogP contribution in [0.2, 0.25) is 0 Å². The summed E-state index contributed by atoms with van der Waals surface area (Å²) in [4.78, 5) is 25.8. The van der Waals surface area contributed by atoms with Crippen molar-refractivity contribution >= 4 is 22.5 Å². The number of anilines is 1. The van der Waals surface area contributed by atoms with Crippen molar-refractivity contribution in [3.05, 3.63) is 99.9 Å². The number of ketones is 1. The summed E-state index contributed by atoms with van der Waals surface area (Å²) in [5, 5.41) is 13.0. The summed E-state index contributed by atoms with van der Waals surface area (Å²) < 4.78 is 42.3. The second-order valence-corrected chi connectivity index (χ2v) is 10.9. The number of alkyl halides is 3. The zero-order valence-corrected chi connectivity index (χ0v) is 24.7. The standard InChI is InChI=1S/C34H34F3N5O2/c1-23-3-7-27(20-26(23)8-4-24-6-10-29-31(18-24)39-22-40-33(29)38-2)32(44)19-25-5-9-28(30(17-25)34(35,36)37)21-42-13-11-41(12-14-42)15-16-43/h3,5-7,9-10,17-18,20,22,43H,11-16,19,21H2,1-2H3,(H,38,39,40). The Morgan fingerprint density at radius 3 is 2.48 bits per heavy atom. The van der Waals surface area contributed by atoms with Gasteiger partial charge in [-0.2, -0.15) is 13.2 Å². The van der Waals surface area contributed by atoms with Gasteiger partial charge in [0.1, 0.15) is 12.1 Å². The van der Waals surface area contributed by atoms with E-state index in [-0.39, 0.29) is 30.9 Å². The third kappa shape index (κ3) is 7.42. The molecule has 0 aliphatic carbocycles. The van der Waals surface area contributed by atoms with E-state index in [1.807, 2.05) is 30.0 Å². The zero-order chi connectivity index (χ0) is 31.3. The molecule has 1 saturated heterocycles. The van der Waals surface area contributed by atoms with Crippen LogP contribution in [-0.2, 0) is 19.1 Å². The van der Waals surface area contributed by atoms with Gasteiger partial charge in [0.05, 0.1) is 17.7 Å². The van der Waals surface area contributed by atoms with Crippen LogP contribution in [0.5, 0.6) is 0 Å². The maximum absolute atomic E-state index is 14.1. The van der Waals surface area contributed by atoms with Gasteiger partial charge in [-0.05, 0) is 53.9 Å². The van der Waals surface area contributed by atoms with Crippen LogP contribution in [0.25, 0.3) is 10.9 Å². The number of carbonyl (C=O) groups excluding carboxylic acids is 1. The number of nitrogens with zero attached hydrogens (tertiary/aromatic N) is 4. The number of halogens is 3. The number of aryl methyl sites for hydroxylation is 1. The number of fused-ring (bicyclic) bond motifs is 1. The third-order valence-electron chi connectivity index (χ3n) is 7.89. The highest BCUT2D eigenvalue weighted by Gasteiger charge is 2.34. The van der Waals surface area contributed by atoms with Crippen LogP contribution in [0.1, 0.15) is 43.7 Å². The Balaban J connectivity index is 1.31. The Bertz CT molecular complexity index is 1720. The summed E-state index contributed by atoms with van der Waals surface area (Å²) in [6.45, 7) is 5.36. The molecule has 2 heterocycles. The topological polar surface area (TPSA) is 81.6 Å². The third-order valence-corrected chi connectivity index (χ3v) is 7.89.